The number of aromatic nitrogens is 1. The van der Waals surface area contributed by atoms with Gasteiger partial charge in [-0.1, -0.05) is 18.5 Å². The second kappa shape index (κ2) is 2.97. The standard InChI is InChI=1S/C7H7ClFN/c1-2-5-3-7(8)10-4-6(5)9/h3-4H,2H2,1H3. The maximum Gasteiger partial charge on any atom is 0.144 e. The van der Waals surface area contributed by atoms with Crippen LogP contribution in [0.5, 0.6) is 0 Å². The molecule has 0 atom stereocenters. The summed E-state index contributed by atoms with van der Waals surface area (Å²) in [5.74, 6) is -0.285. The van der Waals surface area contributed by atoms with Crippen molar-refractivity contribution in [3.05, 3.63) is 28.8 Å². The molecule has 1 aromatic rings. The van der Waals surface area contributed by atoms with Gasteiger partial charge in [0.2, 0.25) is 0 Å². The molecule has 0 saturated carbocycles. The molecule has 54 valence electrons. The topological polar surface area (TPSA) is 12.9 Å². The SMILES string of the molecule is CCc1cc(Cl)ncc1F. The van der Waals surface area contributed by atoms with E-state index in [4.69, 9.17) is 11.6 Å². The zero-order valence-corrected chi connectivity index (χ0v) is 6.32. The Labute approximate surface area is 63.8 Å². The molecule has 0 radical (unpaired) electrons. The van der Waals surface area contributed by atoms with E-state index in [9.17, 15) is 4.39 Å². The van der Waals surface area contributed by atoms with Crippen LogP contribution in [0, 0.1) is 5.82 Å². The van der Waals surface area contributed by atoms with Gasteiger partial charge in [0, 0.05) is 0 Å². The lowest BCUT2D eigenvalue weighted by molar-refractivity contribution is 0.605. The van der Waals surface area contributed by atoms with Gasteiger partial charge >= 0.3 is 0 Å². The van der Waals surface area contributed by atoms with Crippen molar-refractivity contribution in [3.63, 3.8) is 0 Å². The smallest absolute Gasteiger partial charge is 0.144 e. The van der Waals surface area contributed by atoms with Crippen molar-refractivity contribution in [1.82, 2.24) is 4.98 Å². The van der Waals surface area contributed by atoms with E-state index >= 15 is 0 Å². The van der Waals surface area contributed by atoms with Crippen LogP contribution in [0.1, 0.15) is 12.5 Å². The Hall–Kier alpha value is -0.630. The van der Waals surface area contributed by atoms with Crippen LogP contribution in [0.15, 0.2) is 12.3 Å². The summed E-state index contributed by atoms with van der Waals surface area (Å²) in [6.07, 6.45) is 1.79. The molecule has 0 amide bonds. The number of hydrogen-bond donors (Lipinski definition) is 0. The van der Waals surface area contributed by atoms with Gasteiger partial charge in [0.1, 0.15) is 11.0 Å². The summed E-state index contributed by atoms with van der Waals surface area (Å²) in [6, 6.07) is 1.54. The molecule has 10 heavy (non-hydrogen) atoms. The predicted molar refractivity (Wildman–Crippen MR) is 38.6 cm³/mol. The first-order chi connectivity index (χ1) is 4.74. The van der Waals surface area contributed by atoms with Crippen molar-refractivity contribution in [3.8, 4) is 0 Å². The lowest BCUT2D eigenvalue weighted by atomic mass is 10.2. The van der Waals surface area contributed by atoms with E-state index in [2.05, 4.69) is 4.98 Å². The third kappa shape index (κ3) is 1.45. The Bertz CT molecular complexity index is 237. The zero-order chi connectivity index (χ0) is 7.56. The van der Waals surface area contributed by atoms with E-state index in [1.165, 1.54) is 6.07 Å². The minimum atomic E-state index is -0.285. The van der Waals surface area contributed by atoms with Crippen LogP contribution in [0.3, 0.4) is 0 Å². The summed E-state index contributed by atoms with van der Waals surface area (Å²) in [6.45, 7) is 1.87. The van der Waals surface area contributed by atoms with Gasteiger partial charge in [0.15, 0.2) is 0 Å². The molecule has 1 aromatic heterocycles. The third-order valence-corrected chi connectivity index (χ3v) is 1.49. The van der Waals surface area contributed by atoms with Crippen molar-refractivity contribution in [2.45, 2.75) is 13.3 Å². The average Bonchev–Trinajstić information content (AvgIpc) is 1.94. The molecule has 0 aliphatic rings. The predicted octanol–water partition coefficient (Wildman–Crippen LogP) is 2.44. The van der Waals surface area contributed by atoms with Crippen molar-refractivity contribution < 1.29 is 4.39 Å². The van der Waals surface area contributed by atoms with Crippen LogP contribution >= 0.6 is 11.6 Å². The highest BCUT2D eigenvalue weighted by molar-refractivity contribution is 6.29. The molecule has 1 rings (SSSR count). The first-order valence-corrected chi connectivity index (χ1v) is 3.41. The van der Waals surface area contributed by atoms with Gasteiger partial charge in [-0.25, -0.2) is 9.37 Å². The summed E-state index contributed by atoms with van der Waals surface area (Å²) in [7, 11) is 0. The fraction of sp³-hybridized carbons (Fsp3) is 0.286. The van der Waals surface area contributed by atoms with Gasteiger partial charge in [0.05, 0.1) is 6.20 Å². The van der Waals surface area contributed by atoms with E-state index < -0.39 is 0 Å². The lowest BCUT2D eigenvalue weighted by Crippen LogP contribution is -1.88. The number of halogens is 2. The van der Waals surface area contributed by atoms with Crippen molar-refractivity contribution in [1.29, 1.82) is 0 Å². The number of pyridine rings is 1. The van der Waals surface area contributed by atoms with Crippen LogP contribution in [-0.4, -0.2) is 4.98 Å². The molecule has 0 N–H and O–H groups in total. The lowest BCUT2D eigenvalue weighted by Gasteiger charge is -1.96. The van der Waals surface area contributed by atoms with Gasteiger partial charge in [-0.05, 0) is 18.1 Å². The Kier molecular flexibility index (Phi) is 2.22. The molecule has 0 unspecified atom stereocenters. The van der Waals surface area contributed by atoms with Crippen molar-refractivity contribution in [2.75, 3.05) is 0 Å². The largest absolute Gasteiger partial charge is 0.242 e. The monoisotopic (exact) mass is 159 g/mol. The summed E-state index contributed by atoms with van der Waals surface area (Å²) in [5.41, 5.74) is 0.611. The number of rotatable bonds is 1. The molecule has 0 aliphatic heterocycles. The highest BCUT2D eigenvalue weighted by atomic mass is 35.5. The summed E-state index contributed by atoms with van der Waals surface area (Å²) in [4.78, 5) is 3.58. The third-order valence-electron chi connectivity index (χ3n) is 1.28. The summed E-state index contributed by atoms with van der Waals surface area (Å²) in [5, 5.41) is 0.346. The number of hydrogen-bond acceptors (Lipinski definition) is 1. The van der Waals surface area contributed by atoms with Crippen molar-refractivity contribution in [2.24, 2.45) is 0 Å². The summed E-state index contributed by atoms with van der Waals surface area (Å²) >= 11 is 5.52. The van der Waals surface area contributed by atoms with E-state index in [1.807, 2.05) is 6.92 Å². The van der Waals surface area contributed by atoms with Gasteiger partial charge in [-0.2, -0.15) is 0 Å². The maximum atomic E-state index is 12.6. The molecule has 0 aliphatic carbocycles. The molecule has 0 fully saturated rings. The van der Waals surface area contributed by atoms with Gasteiger partial charge in [-0.15, -0.1) is 0 Å². The van der Waals surface area contributed by atoms with E-state index in [1.54, 1.807) is 0 Å². The van der Waals surface area contributed by atoms with Gasteiger partial charge in [0.25, 0.3) is 0 Å². The maximum absolute atomic E-state index is 12.6. The number of aryl methyl sites for hydroxylation is 1. The first-order valence-electron chi connectivity index (χ1n) is 3.04. The molecular formula is C7H7ClFN. The minimum Gasteiger partial charge on any atom is -0.242 e. The van der Waals surface area contributed by atoms with Gasteiger partial charge < -0.3 is 0 Å². The zero-order valence-electron chi connectivity index (χ0n) is 5.56. The van der Waals surface area contributed by atoms with E-state index in [-0.39, 0.29) is 5.82 Å². The first kappa shape index (κ1) is 7.48. The molecule has 1 nitrogen and oxygen atoms in total. The fourth-order valence-corrected chi connectivity index (χ4v) is 0.903. The molecular weight excluding hydrogens is 153 g/mol. The van der Waals surface area contributed by atoms with Crippen LogP contribution in [0.4, 0.5) is 4.39 Å². The molecule has 0 bridgehead atoms. The van der Waals surface area contributed by atoms with Crippen molar-refractivity contribution >= 4 is 11.6 Å². The molecule has 3 heteroatoms. The molecule has 1 heterocycles. The second-order valence-corrected chi connectivity index (χ2v) is 2.34. The Morgan fingerprint density at radius 2 is 2.40 bits per heavy atom. The highest BCUT2D eigenvalue weighted by Gasteiger charge is 1.99. The van der Waals surface area contributed by atoms with Gasteiger partial charge in [-0.3, -0.25) is 0 Å². The Morgan fingerprint density at radius 3 is 2.90 bits per heavy atom. The summed E-state index contributed by atoms with van der Waals surface area (Å²) < 4.78 is 12.6. The van der Waals surface area contributed by atoms with Crippen LogP contribution in [-0.2, 0) is 6.42 Å². The van der Waals surface area contributed by atoms with Crippen LogP contribution in [0.25, 0.3) is 0 Å². The Balaban J connectivity index is 3.09. The molecule has 0 saturated heterocycles. The Morgan fingerprint density at radius 1 is 1.70 bits per heavy atom. The average molecular weight is 160 g/mol. The highest BCUT2D eigenvalue weighted by Crippen LogP contribution is 2.11. The number of nitrogens with zero attached hydrogens (tertiary/aromatic N) is 1. The molecule has 0 aromatic carbocycles. The van der Waals surface area contributed by atoms with E-state index in [0.717, 1.165) is 6.20 Å². The van der Waals surface area contributed by atoms with Crippen LogP contribution < -0.4 is 0 Å². The normalized spacial score (nSPS) is 9.90. The van der Waals surface area contributed by atoms with E-state index in [0.29, 0.717) is 17.1 Å². The quantitative estimate of drug-likeness (QED) is 0.574. The fourth-order valence-electron chi connectivity index (χ4n) is 0.722. The van der Waals surface area contributed by atoms with Crippen LogP contribution in [0.2, 0.25) is 5.15 Å². The molecule has 0 spiro atoms. The minimum absolute atomic E-state index is 0.285. The second-order valence-electron chi connectivity index (χ2n) is 1.95.